The lowest BCUT2D eigenvalue weighted by molar-refractivity contribution is -0.136. The summed E-state index contributed by atoms with van der Waals surface area (Å²) in [6, 6.07) is -0.295. The molecule has 0 fully saturated rings. The number of aliphatic carboxylic acids is 1. The maximum Gasteiger partial charge on any atom is 0.304 e. The molecule has 0 amide bonds. The van der Waals surface area contributed by atoms with Gasteiger partial charge in [-0.3, -0.25) is 9.48 Å². The average molecular weight is 287 g/mol. The summed E-state index contributed by atoms with van der Waals surface area (Å²) < 4.78 is 28.0. The van der Waals surface area contributed by atoms with Crippen LogP contribution in [0, 0.1) is 0 Å². The van der Waals surface area contributed by atoms with Gasteiger partial charge in [-0.25, -0.2) is 13.1 Å². The third-order valence-corrected chi connectivity index (χ3v) is 4.67. The molecule has 0 spiro atoms. The smallest absolute Gasteiger partial charge is 0.304 e. The van der Waals surface area contributed by atoms with Crippen molar-refractivity contribution in [2.45, 2.75) is 31.7 Å². The standard InChI is InChI=1S/C11H17N3O4S/c1-14-10-4-2-3-9(8(10)7-12-14)13-19(17,18)6-5-11(15)16/h7,9,13H,2-6H2,1H3,(H,15,16). The number of aromatic nitrogens is 2. The van der Waals surface area contributed by atoms with Crippen LogP contribution in [0.5, 0.6) is 0 Å². The van der Waals surface area contributed by atoms with Crippen LogP contribution < -0.4 is 4.72 Å². The van der Waals surface area contributed by atoms with Crippen molar-refractivity contribution in [1.82, 2.24) is 14.5 Å². The number of hydrogen-bond donors (Lipinski definition) is 2. The van der Waals surface area contributed by atoms with E-state index in [4.69, 9.17) is 5.11 Å². The second kappa shape index (κ2) is 5.30. The van der Waals surface area contributed by atoms with Crippen LogP contribution in [0.1, 0.15) is 36.6 Å². The monoisotopic (exact) mass is 287 g/mol. The molecule has 1 aliphatic rings. The summed E-state index contributed by atoms with van der Waals surface area (Å²) in [6.07, 6.45) is 3.78. The highest BCUT2D eigenvalue weighted by Crippen LogP contribution is 2.29. The van der Waals surface area contributed by atoms with Gasteiger partial charge in [0.2, 0.25) is 10.0 Å². The maximum absolute atomic E-state index is 11.8. The van der Waals surface area contributed by atoms with Crippen LogP contribution in [0.3, 0.4) is 0 Å². The summed E-state index contributed by atoms with van der Waals surface area (Å²) in [5.41, 5.74) is 1.94. The number of hydrogen-bond acceptors (Lipinski definition) is 4. The molecule has 1 aromatic rings. The number of nitrogens with one attached hydrogen (secondary N) is 1. The van der Waals surface area contributed by atoms with Gasteiger partial charge in [-0.2, -0.15) is 5.10 Å². The van der Waals surface area contributed by atoms with Gasteiger partial charge in [0.05, 0.1) is 24.4 Å². The normalized spacial score (nSPS) is 19.1. The lowest BCUT2D eigenvalue weighted by Crippen LogP contribution is -2.33. The van der Waals surface area contributed by atoms with E-state index < -0.39 is 21.7 Å². The molecule has 1 aliphatic carbocycles. The minimum absolute atomic E-state index is 0.295. The van der Waals surface area contributed by atoms with Gasteiger partial charge in [0.15, 0.2) is 0 Å². The quantitative estimate of drug-likeness (QED) is 0.805. The molecule has 1 unspecified atom stereocenters. The second-order valence-corrected chi connectivity index (χ2v) is 6.57. The van der Waals surface area contributed by atoms with Crippen molar-refractivity contribution in [3.63, 3.8) is 0 Å². The number of carboxylic acid groups (broad SMARTS) is 1. The molecular formula is C11H17N3O4S. The molecule has 0 aliphatic heterocycles. The number of aryl methyl sites for hydroxylation is 1. The van der Waals surface area contributed by atoms with Gasteiger partial charge in [0.1, 0.15) is 0 Å². The Morgan fingerprint density at radius 3 is 3.05 bits per heavy atom. The van der Waals surface area contributed by atoms with Gasteiger partial charge in [0, 0.05) is 18.3 Å². The van der Waals surface area contributed by atoms with Gasteiger partial charge in [-0.1, -0.05) is 0 Å². The molecule has 2 rings (SSSR count). The molecule has 1 heterocycles. The van der Waals surface area contributed by atoms with E-state index in [9.17, 15) is 13.2 Å². The predicted octanol–water partition coefficient (Wildman–Crippen LogP) is 0.192. The Hall–Kier alpha value is -1.41. The van der Waals surface area contributed by atoms with E-state index in [1.54, 1.807) is 10.9 Å². The first-order valence-corrected chi connectivity index (χ1v) is 7.77. The van der Waals surface area contributed by atoms with Crippen LogP contribution in [-0.4, -0.2) is 35.0 Å². The molecule has 2 N–H and O–H groups in total. The maximum atomic E-state index is 11.8. The Bertz CT molecular complexity index is 579. The molecule has 0 saturated carbocycles. The van der Waals surface area contributed by atoms with Crippen molar-refractivity contribution in [1.29, 1.82) is 0 Å². The van der Waals surface area contributed by atoms with E-state index >= 15 is 0 Å². The van der Waals surface area contributed by atoms with Gasteiger partial charge in [-0.15, -0.1) is 0 Å². The summed E-state index contributed by atoms with van der Waals surface area (Å²) in [7, 11) is -1.74. The van der Waals surface area contributed by atoms with Crippen LogP contribution in [0.15, 0.2) is 6.20 Å². The zero-order chi connectivity index (χ0) is 14.0. The summed E-state index contributed by atoms with van der Waals surface area (Å²) in [6.45, 7) is 0. The fourth-order valence-corrected chi connectivity index (χ4v) is 3.57. The van der Waals surface area contributed by atoms with E-state index in [1.807, 2.05) is 7.05 Å². The van der Waals surface area contributed by atoms with Crippen LogP contribution >= 0.6 is 0 Å². The Morgan fingerprint density at radius 2 is 2.37 bits per heavy atom. The fourth-order valence-electron chi connectivity index (χ4n) is 2.33. The van der Waals surface area contributed by atoms with Gasteiger partial charge in [-0.05, 0) is 19.3 Å². The molecule has 1 aromatic heterocycles. The van der Waals surface area contributed by atoms with Gasteiger partial charge >= 0.3 is 5.97 Å². The van der Waals surface area contributed by atoms with Crippen LogP contribution in [0.2, 0.25) is 0 Å². The molecule has 19 heavy (non-hydrogen) atoms. The number of nitrogens with zero attached hydrogens (tertiary/aromatic N) is 2. The van der Waals surface area contributed by atoms with E-state index in [0.717, 1.165) is 24.1 Å². The van der Waals surface area contributed by atoms with Crippen molar-refractivity contribution in [3.05, 3.63) is 17.5 Å². The average Bonchev–Trinajstić information content (AvgIpc) is 2.70. The highest BCUT2D eigenvalue weighted by atomic mass is 32.2. The third kappa shape index (κ3) is 3.32. The molecule has 7 nitrogen and oxygen atoms in total. The van der Waals surface area contributed by atoms with E-state index in [1.165, 1.54) is 0 Å². The molecule has 1 atom stereocenters. The minimum atomic E-state index is -3.58. The number of sulfonamides is 1. The minimum Gasteiger partial charge on any atom is -0.481 e. The van der Waals surface area contributed by atoms with Crippen LogP contribution in [0.25, 0.3) is 0 Å². The Balaban J connectivity index is 2.10. The van der Waals surface area contributed by atoms with Crippen molar-refractivity contribution in [3.8, 4) is 0 Å². The summed E-state index contributed by atoms with van der Waals surface area (Å²) in [5, 5.41) is 12.7. The molecule has 0 radical (unpaired) electrons. The Kier molecular flexibility index (Phi) is 3.91. The van der Waals surface area contributed by atoms with Crippen LogP contribution in [0.4, 0.5) is 0 Å². The van der Waals surface area contributed by atoms with Crippen molar-refractivity contribution in [2.24, 2.45) is 7.05 Å². The number of carbonyl (C=O) groups is 1. The van der Waals surface area contributed by atoms with E-state index in [0.29, 0.717) is 6.42 Å². The molecule has 8 heteroatoms. The SMILES string of the molecule is Cn1ncc2c1CCCC2NS(=O)(=O)CCC(=O)O. The first kappa shape index (κ1) is 14.0. The topological polar surface area (TPSA) is 101 Å². The van der Waals surface area contributed by atoms with E-state index in [-0.39, 0.29) is 12.5 Å². The third-order valence-electron chi connectivity index (χ3n) is 3.28. The molecular weight excluding hydrogens is 270 g/mol. The van der Waals surface area contributed by atoms with Gasteiger partial charge < -0.3 is 5.11 Å². The molecule has 0 aromatic carbocycles. The molecule has 0 saturated heterocycles. The first-order chi connectivity index (χ1) is 8.89. The number of carboxylic acids is 1. The number of rotatable bonds is 5. The van der Waals surface area contributed by atoms with Crippen molar-refractivity contribution < 1.29 is 18.3 Å². The van der Waals surface area contributed by atoms with Crippen LogP contribution in [-0.2, 0) is 28.3 Å². The Labute approximate surface area is 111 Å². The highest BCUT2D eigenvalue weighted by molar-refractivity contribution is 7.89. The zero-order valence-corrected chi connectivity index (χ0v) is 11.5. The van der Waals surface area contributed by atoms with E-state index in [2.05, 4.69) is 9.82 Å². The largest absolute Gasteiger partial charge is 0.481 e. The fraction of sp³-hybridized carbons (Fsp3) is 0.636. The lowest BCUT2D eigenvalue weighted by Gasteiger charge is -2.23. The highest BCUT2D eigenvalue weighted by Gasteiger charge is 2.27. The second-order valence-electron chi connectivity index (χ2n) is 4.70. The first-order valence-electron chi connectivity index (χ1n) is 6.11. The number of fused-ring (bicyclic) bond motifs is 1. The predicted molar refractivity (Wildman–Crippen MR) is 68.1 cm³/mol. The Morgan fingerprint density at radius 1 is 1.63 bits per heavy atom. The van der Waals surface area contributed by atoms with Crippen molar-refractivity contribution in [2.75, 3.05) is 5.75 Å². The van der Waals surface area contributed by atoms with Crippen molar-refractivity contribution >= 4 is 16.0 Å². The summed E-state index contributed by atoms with van der Waals surface area (Å²) >= 11 is 0. The van der Waals surface area contributed by atoms with Gasteiger partial charge in [0.25, 0.3) is 0 Å². The lowest BCUT2D eigenvalue weighted by atomic mass is 9.94. The molecule has 0 bridgehead atoms. The summed E-state index contributed by atoms with van der Waals surface area (Å²) in [5.74, 6) is -1.51. The molecule has 106 valence electrons. The zero-order valence-electron chi connectivity index (χ0n) is 10.7. The summed E-state index contributed by atoms with van der Waals surface area (Å²) in [4.78, 5) is 10.4.